The van der Waals surface area contributed by atoms with Gasteiger partial charge in [0.2, 0.25) is 0 Å². The summed E-state index contributed by atoms with van der Waals surface area (Å²) in [6.07, 6.45) is 5.65. The summed E-state index contributed by atoms with van der Waals surface area (Å²) in [5, 5.41) is 4.36. The smallest absolute Gasteiger partial charge is 0.0946 e. The molecule has 0 spiro atoms. The van der Waals surface area contributed by atoms with Crippen molar-refractivity contribution in [2.45, 2.75) is 39.9 Å². The van der Waals surface area contributed by atoms with Crippen LogP contribution in [0.15, 0.2) is 49.1 Å². The fraction of sp³-hybridized carbons (Fsp3) is 0.316. The van der Waals surface area contributed by atoms with Gasteiger partial charge in [0.1, 0.15) is 0 Å². The standard InChI is InChI=1S/C19H23ClN4.ClH/c1-14(12-23-9-8-21-13-23)22-11-17-10-15(2)24(16(17)3)19-6-4-18(20)5-7-19;/h4-10,13-14,22H,11-12H2,1-3H3;1H. The normalized spacial score (nSPS) is 12.0. The number of rotatable bonds is 6. The van der Waals surface area contributed by atoms with Crippen LogP contribution in [0.1, 0.15) is 23.9 Å². The molecule has 25 heavy (non-hydrogen) atoms. The van der Waals surface area contributed by atoms with Gasteiger partial charge in [0.15, 0.2) is 0 Å². The number of halogens is 2. The van der Waals surface area contributed by atoms with E-state index in [4.69, 9.17) is 11.6 Å². The first-order valence-electron chi connectivity index (χ1n) is 8.17. The van der Waals surface area contributed by atoms with Crippen LogP contribution in [0.2, 0.25) is 5.02 Å². The highest BCUT2D eigenvalue weighted by Gasteiger charge is 2.11. The number of aryl methyl sites for hydroxylation is 1. The van der Waals surface area contributed by atoms with Gasteiger partial charge < -0.3 is 14.5 Å². The van der Waals surface area contributed by atoms with Crippen LogP contribution in [-0.4, -0.2) is 20.2 Å². The molecule has 0 bridgehead atoms. The van der Waals surface area contributed by atoms with Gasteiger partial charge in [-0.05, 0) is 56.7 Å². The SMILES string of the molecule is Cc1cc(CNC(C)Cn2ccnc2)c(C)n1-c1ccc(Cl)cc1.Cl. The van der Waals surface area contributed by atoms with E-state index in [2.05, 4.69) is 58.4 Å². The molecule has 2 heterocycles. The lowest BCUT2D eigenvalue weighted by Crippen LogP contribution is -2.29. The van der Waals surface area contributed by atoms with E-state index in [9.17, 15) is 0 Å². The molecule has 1 atom stereocenters. The molecule has 0 aliphatic rings. The monoisotopic (exact) mass is 378 g/mol. The average molecular weight is 379 g/mol. The molecule has 0 saturated carbocycles. The van der Waals surface area contributed by atoms with Crippen LogP contribution in [-0.2, 0) is 13.1 Å². The van der Waals surface area contributed by atoms with Crippen molar-refractivity contribution in [1.82, 2.24) is 19.4 Å². The minimum absolute atomic E-state index is 0. The van der Waals surface area contributed by atoms with E-state index < -0.39 is 0 Å². The number of nitrogens with zero attached hydrogens (tertiary/aromatic N) is 3. The number of hydrogen-bond acceptors (Lipinski definition) is 2. The molecule has 2 aromatic heterocycles. The zero-order chi connectivity index (χ0) is 17.1. The summed E-state index contributed by atoms with van der Waals surface area (Å²) in [6.45, 7) is 8.26. The number of benzene rings is 1. The summed E-state index contributed by atoms with van der Waals surface area (Å²) < 4.78 is 4.36. The van der Waals surface area contributed by atoms with Crippen LogP contribution in [0.4, 0.5) is 0 Å². The molecule has 0 radical (unpaired) electrons. The van der Waals surface area contributed by atoms with E-state index in [0.717, 1.165) is 23.8 Å². The van der Waals surface area contributed by atoms with Crippen molar-refractivity contribution in [2.75, 3.05) is 0 Å². The van der Waals surface area contributed by atoms with Crippen molar-refractivity contribution in [1.29, 1.82) is 0 Å². The predicted octanol–water partition coefficient (Wildman–Crippen LogP) is 4.54. The van der Waals surface area contributed by atoms with Gasteiger partial charge in [0, 0.05) is 53.6 Å². The van der Waals surface area contributed by atoms with Crippen molar-refractivity contribution in [3.8, 4) is 5.69 Å². The molecule has 0 aliphatic heterocycles. The zero-order valence-electron chi connectivity index (χ0n) is 14.7. The van der Waals surface area contributed by atoms with E-state index in [0.29, 0.717) is 6.04 Å². The maximum absolute atomic E-state index is 6.00. The second kappa shape index (κ2) is 8.56. The molecule has 3 aromatic rings. The van der Waals surface area contributed by atoms with Gasteiger partial charge in [-0.3, -0.25) is 0 Å². The van der Waals surface area contributed by atoms with Crippen LogP contribution in [0.3, 0.4) is 0 Å². The highest BCUT2D eigenvalue weighted by molar-refractivity contribution is 6.30. The van der Waals surface area contributed by atoms with E-state index in [1.807, 2.05) is 30.9 Å². The third-order valence-corrected chi connectivity index (χ3v) is 4.56. The Morgan fingerprint density at radius 1 is 1.20 bits per heavy atom. The van der Waals surface area contributed by atoms with Gasteiger partial charge in [0.25, 0.3) is 0 Å². The van der Waals surface area contributed by atoms with Crippen molar-refractivity contribution in [2.24, 2.45) is 0 Å². The third kappa shape index (κ3) is 4.66. The highest BCUT2D eigenvalue weighted by Crippen LogP contribution is 2.22. The Kier molecular flexibility index (Phi) is 6.71. The molecular formula is C19H24Cl2N4. The van der Waals surface area contributed by atoms with Crippen molar-refractivity contribution in [3.63, 3.8) is 0 Å². The fourth-order valence-corrected chi connectivity index (χ4v) is 3.18. The largest absolute Gasteiger partial charge is 0.336 e. The van der Waals surface area contributed by atoms with Crippen molar-refractivity contribution >= 4 is 24.0 Å². The first kappa shape index (κ1) is 19.6. The Balaban J connectivity index is 0.00000225. The molecule has 0 saturated heterocycles. The first-order valence-corrected chi connectivity index (χ1v) is 8.55. The average Bonchev–Trinajstić information content (AvgIpc) is 3.15. The molecule has 6 heteroatoms. The van der Waals surface area contributed by atoms with Gasteiger partial charge in [-0.15, -0.1) is 12.4 Å². The molecule has 3 rings (SSSR count). The lowest BCUT2D eigenvalue weighted by atomic mass is 10.2. The highest BCUT2D eigenvalue weighted by atomic mass is 35.5. The van der Waals surface area contributed by atoms with Crippen LogP contribution in [0.25, 0.3) is 5.69 Å². The topological polar surface area (TPSA) is 34.8 Å². The van der Waals surface area contributed by atoms with Gasteiger partial charge >= 0.3 is 0 Å². The maximum atomic E-state index is 6.00. The molecule has 1 unspecified atom stereocenters. The summed E-state index contributed by atoms with van der Waals surface area (Å²) in [5.74, 6) is 0. The Morgan fingerprint density at radius 3 is 2.56 bits per heavy atom. The van der Waals surface area contributed by atoms with Gasteiger partial charge in [-0.1, -0.05) is 11.6 Å². The minimum atomic E-state index is 0. The lowest BCUT2D eigenvalue weighted by molar-refractivity contribution is 0.475. The van der Waals surface area contributed by atoms with Crippen LogP contribution < -0.4 is 5.32 Å². The summed E-state index contributed by atoms with van der Waals surface area (Å²) in [6, 6.07) is 10.6. The summed E-state index contributed by atoms with van der Waals surface area (Å²) in [5.41, 5.74) is 4.96. The molecular weight excluding hydrogens is 355 g/mol. The second-order valence-corrected chi connectivity index (χ2v) is 6.69. The van der Waals surface area contributed by atoms with Crippen LogP contribution >= 0.6 is 24.0 Å². The van der Waals surface area contributed by atoms with Gasteiger partial charge in [-0.2, -0.15) is 0 Å². The summed E-state index contributed by atoms with van der Waals surface area (Å²) in [7, 11) is 0. The number of hydrogen-bond donors (Lipinski definition) is 1. The van der Waals surface area contributed by atoms with E-state index in [-0.39, 0.29) is 12.4 Å². The number of imidazole rings is 1. The van der Waals surface area contributed by atoms with Crippen LogP contribution in [0.5, 0.6) is 0 Å². The minimum Gasteiger partial charge on any atom is -0.336 e. The number of aromatic nitrogens is 3. The number of nitrogens with one attached hydrogen (secondary N) is 1. The Morgan fingerprint density at radius 2 is 1.92 bits per heavy atom. The van der Waals surface area contributed by atoms with Crippen LogP contribution in [0, 0.1) is 13.8 Å². The Labute approximate surface area is 160 Å². The quantitative estimate of drug-likeness (QED) is 0.682. The summed E-state index contributed by atoms with van der Waals surface area (Å²) in [4.78, 5) is 4.08. The maximum Gasteiger partial charge on any atom is 0.0946 e. The lowest BCUT2D eigenvalue weighted by Gasteiger charge is -2.15. The Hall–Kier alpha value is -1.75. The summed E-state index contributed by atoms with van der Waals surface area (Å²) >= 11 is 6.00. The van der Waals surface area contributed by atoms with E-state index in [1.54, 1.807) is 0 Å². The zero-order valence-corrected chi connectivity index (χ0v) is 16.3. The molecule has 1 N–H and O–H groups in total. The first-order chi connectivity index (χ1) is 11.5. The van der Waals surface area contributed by atoms with Gasteiger partial charge in [0.05, 0.1) is 6.33 Å². The van der Waals surface area contributed by atoms with Crippen molar-refractivity contribution in [3.05, 3.63) is 71.0 Å². The molecule has 0 fully saturated rings. The molecule has 0 amide bonds. The fourth-order valence-electron chi connectivity index (χ4n) is 3.06. The molecule has 4 nitrogen and oxygen atoms in total. The predicted molar refractivity (Wildman–Crippen MR) is 106 cm³/mol. The Bertz CT molecular complexity index is 792. The third-order valence-electron chi connectivity index (χ3n) is 4.31. The van der Waals surface area contributed by atoms with E-state index >= 15 is 0 Å². The van der Waals surface area contributed by atoms with E-state index in [1.165, 1.54) is 17.0 Å². The molecule has 0 aliphatic carbocycles. The van der Waals surface area contributed by atoms with Crippen molar-refractivity contribution < 1.29 is 0 Å². The van der Waals surface area contributed by atoms with Gasteiger partial charge in [-0.25, -0.2) is 4.98 Å². The molecule has 134 valence electrons. The second-order valence-electron chi connectivity index (χ2n) is 6.25. The molecule has 1 aromatic carbocycles.